The van der Waals surface area contributed by atoms with Gasteiger partial charge in [-0.3, -0.25) is 9.59 Å². The van der Waals surface area contributed by atoms with E-state index in [0.29, 0.717) is 29.1 Å². The third kappa shape index (κ3) is 5.68. The van der Waals surface area contributed by atoms with E-state index < -0.39 is 10.0 Å². The van der Waals surface area contributed by atoms with E-state index in [2.05, 4.69) is 10.6 Å². The molecular formula is C23H28ClN3O4S. The molecule has 2 aromatic carbocycles. The van der Waals surface area contributed by atoms with Crippen LogP contribution in [0, 0.1) is 5.92 Å². The quantitative estimate of drug-likeness (QED) is 0.632. The summed E-state index contributed by atoms with van der Waals surface area (Å²) in [6.07, 6.45) is 1.61. The molecule has 2 aromatic rings. The Hall–Kier alpha value is -2.42. The Bertz CT molecular complexity index is 1060. The van der Waals surface area contributed by atoms with Crippen molar-refractivity contribution in [3.8, 4) is 0 Å². The monoisotopic (exact) mass is 477 g/mol. The summed E-state index contributed by atoms with van der Waals surface area (Å²) in [7, 11) is -3.63. The first-order chi connectivity index (χ1) is 15.2. The maximum absolute atomic E-state index is 12.9. The van der Waals surface area contributed by atoms with Crippen LogP contribution < -0.4 is 10.6 Å². The Balaban J connectivity index is 1.63. The van der Waals surface area contributed by atoms with Crippen molar-refractivity contribution in [1.29, 1.82) is 0 Å². The number of nitrogens with one attached hydrogen (secondary N) is 2. The van der Waals surface area contributed by atoms with E-state index in [4.69, 9.17) is 11.6 Å². The van der Waals surface area contributed by atoms with E-state index in [1.165, 1.54) is 16.4 Å². The van der Waals surface area contributed by atoms with Gasteiger partial charge in [0.05, 0.1) is 16.1 Å². The molecule has 1 aliphatic rings. The van der Waals surface area contributed by atoms with Crippen LogP contribution in [0.5, 0.6) is 0 Å². The summed E-state index contributed by atoms with van der Waals surface area (Å²) in [6, 6.07) is 13.0. The van der Waals surface area contributed by atoms with E-state index in [1.54, 1.807) is 36.4 Å². The summed E-state index contributed by atoms with van der Waals surface area (Å²) in [5, 5.41) is 6.24. The highest BCUT2D eigenvalue weighted by Gasteiger charge is 2.32. The first-order valence-corrected chi connectivity index (χ1v) is 12.5. The van der Waals surface area contributed by atoms with Crippen molar-refractivity contribution in [3.63, 3.8) is 0 Å². The van der Waals surface area contributed by atoms with E-state index in [9.17, 15) is 18.0 Å². The molecule has 1 aliphatic heterocycles. The fraction of sp³-hybridized carbons (Fsp3) is 0.391. The van der Waals surface area contributed by atoms with Crippen LogP contribution in [0.15, 0.2) is 53.4 Å². The zero-order valence-corrected chi connectivity index (χ0v) is 19.7. The molecule has 172 valence electrons. The molecule has 0 saturated carbocycles. The molecule has 0 radical (unpaired) electrons. The Morgan fingerprint density at radius 2 is 1.72 bits per heavy atom. The second-order valence-corrected chi connectivity index (χ2v) is 10.3. The van der Waals surface area contributed by atoms with Crippen LogP contribution in [0.2, 0.25) is 5.02 Å². The van der Waals surface area contributed by atoms with Crippen LogP contribution in [0.1, 0.15) is 43.5 Å². The number of carbonyl (C=O) groups is 2. The van der Waals surface area contributed by atoms with E-state index >= 15 is 0 Å². The Labute approximate surface area is 194 Å². The zero-order valence-electron chi connectivity index (χ0n) is 18.2. The number of piperidine rings is 1. The van der Waals surface area contributed by atoms with Crippen LogP contribution in [0.3, 0.4) is 0 Å². The van der Waals surface area contributed by atoms with Gasteiger partial charge in [0.2, 0.25) is 15.9 Å². The number of hydrogen-bond donors (Lipinski definition) is 2. The van der Waals surface area contributed by atoms with E-state index in [-0.39, 0.29) is 41.8 Å². The molecule has 7 nitrogen and oxygen atoms in total. The fourth-order valence-corrected chi connectivity index (χ4v) is 5.14. The molecule has 0 unspecified atom stereocenters. The number of rotatable bonds is 7. The van der Waals surface area contributed by atoms with Gasteiger partial charge < -0.3 is 10.6 Å². The number of nitrogens with zero attached hydrogens (tertiary/aromatic N) is 1. The smallest absolute Gasteiger partial charge is 0.253 e. The van der Waals surface area contributed by atoms with Crippen molar-refractivity contribution in [2.24, 2.45) is 5.92 Å². The Morgan fingerprint density at radius 3 is 2.34 bits per heavy atom. The molecule has 0 aromatic heterocycles. The molecule has 1 heterocycles. The number of hydrogen-bond acceptors (Lipinski definition) is 4. The van der Waals surface area contributed by atoms with Crippen molar-refractivity contribution in [1.82, 2.24) is 9.62 Å². The molecular weight excluding hydrogens is 450 g/mol. The normalized spacial score (nSPS) is 16.3. The third-order valence-electron chi connectivity index (χ3n) is 5.70. The largest absolute Gasteiger partial charge is 0.350 e. The van der Waals surface area contributed by atoms with Crippen molar-refractivity contribution >= 4 is 39.1 Å². The van der Waals surface area contributed by atoms with Crippen molar-refractivity contribution in [2.45, 2.75) is 44.0 Å². The first-order valence-electron chi connectivity index (χ1n) is 10.7. The molecule has 32 heavy (non-hydrogen) atoms. The summed E-state index contributed by atoms with van der Waals surface area (Å²) >= 11 is 5.85. The molecule has 9 heteroatoms. The topological polar surface area (TPSA) is 95.6 Å². The lowest BCUT2D eigenvalue weighted by atomic mass is 9.97. The number of halogens is 1. The molecule has 1 saturated heterocycles. The van der Waals surface area contributed by atoms with Crippen LogP contribution >= 0.6 is 11.6 Å². The zero-order chi connectivity index (χ0) is 23.3. The molecule has 1 fully saturated rings. The maximum Gasteiger partial charge on any atom is 0.253 e. The second kappa shape index (κ2) is 10.5. The van der Waals surface area contributed by atoms with Gasteiger partial charge in [-0.05, 0) is 62.6 Å². The Morgan fingerprint density at radius 1 is 1.09 bits per heavy atom. The van der Waals surface area contributed by atoms with Crippen LogP contribution in [-0.4, -0.2) is 43.7 Å². The number of amides is 2. The number of benzene rings is 2. The lowest BCUT2D eigenvalue weighted by Crippen LogP contribution is -2.41. The van der Waals surface area contributed by atoms with Crippen LogP contribution in [0.4, 0.5) is 5.69 Å². The molecule has 2 amide bonds. The van der Waals surface area contributed by atoms with Gasteiger partial charge in [0.15, 0.2) is 0 Å². The molecule has 0 spiro atoms. The highest BCUT2D eigenvalue weighted by molar-refractivity contribution is 7.89. The van der Waals surface area contributed by atoms with Crippen molar-refractivity contribution in [3.05, 3.63) is 59.1 Å². The van der Waals surface area contributed by atoms with Crippen molar-refractivity contribution in [2.75, 3.05) is 18.4 Å². The summed E-state index contributed by atoms with van der Waals surface area (Å²) in [5.74, 6) is -0.784. The average molecular weight is 478 g/mol. The lowest BCUT2D eigenvalue weighted by Gasteiger charge is -2.30. The SMILES string of the molecule is CC[C@@H](C)NC(=O)c1ccccc1NC(=O)C1CCN(S(=O)(=O)c2ccc(Cl)cc2)CC1. The predicted octanol–water partition coefficient (Wildman–Crippen LogP) is 3.91. The second-order valence-electron chi connectivity index (χ2n) is 7.95. The van der Waals surface area contributed by atoms with Crippen LogP contribution in [-0.2, 0) is 14.8 Å². The number of sulfonamides is 1. The van der Waals surface area contributed by atoms with E-state index in [1.807, 2.05) is 13.8 Å². The number of para-hydroxylation sites is 1. The number of carbonyl (C=O) groups excluding carboxylic acids is 2. The molecule has 0 aliphatic carbocycles. The van der Waals surface area contributed by atoms with Gasteiger partial charge in [-0.25, -0.2) is 8.42 Å². The standard InChI is InChI=1S/C23H28ClN3O4S/c1-3-16(2)25-23(29)20-6-4-5-7-21(20)26-22(28)17-12-14-27(15-13-17)32(30,31)19-10-8-18(24)9-11-19/h4-11,16-17H,3,12-15H2,1-2H3,(H,25,29)(H,26,28)/t16-/m1/s1. The van der Waals surface area contributed by atoms with E-state index in [0.717, 1.165) is 6.42 Å². The van der Waals surface area contributed by atoms with Gasteiger partial charge in [-0.15, -0.1) is 0 Å². The molecule has 2 N–H and O–H groups in total. The Kier molecular flexibility index (Phi) is 7.92. The summed E-state index contributed by atoms with van der Waals surface area (Å²) in [6.45, 7) is 4.40. The molecule has 0 bridgehead atoms. The fourth-order valence-electron chi connectivity index (χ4n) is 3.54. The van der Waals surface area contributed by atoms with Gasteiger partial charge in [0, 0.05) is 30.1 Å². The molecule has 1 atom stereocenters. The van der Waals surface area contributed by atoms with Gasteiger partial charge in [0.25, 0.3) is 5.91 Å². The number of anilines is 1. The van der Waals surface area contributed by atoms with Crippen molar-refractivity contribution < 1.29 is 18.0 Å². The highest BCUT2D eigenvalue weighted by Crippen LogP contribution is 2.26. The maximum atomic E-state index is 12.9. The summed E-state index contributed by atoms with van der Waals surface area (Å²) < 4.78 is 27.1. The average Bonchev–Trinajstić information content (AvgIpc) is 2.79. The van der Waals surface area contributed by atoms with Crippen LogP contribution in [0.25, 0.3) is 0 Å². The minimum absolute atomic E-state index is 0.0261. The summed E-state index contributed by atoms with van der Waals surface area (Å²) in [5.41, 5.74) is 0.860. The first kappa shape index (κ1) is 24.2. The minimum atomic E-state index is -3.63. The molecule has 3 rings (SSSR count). The predicted molar refractivity (Wildman–Crippen MR) is 125 cm³/mol. The minimum Gasteiger partial charge on any atom is -0.350 e. The van der Waals surface area contributed by atoms with Gasteiger partial charge in [-0.1, -0.05) is 30.7 Å². The lowest BCUT2D eigenvalue weighted by molar-refractivity contribution is -0.120. The van der Waals surface area contributed by atoms with Gasteiger partial charge in [0.1, 0.15) is 0 Å². The third-order valence-corrected chi connectivity index (χ3v) is 7.86. The van der Waals surface area contributed by atoms with Gasteiger partial charge >= 0.3 is 0 Å². The highest BCUT2D eigenvalue weighted by atomic mass is 35.5. The van der Waals surface area contributed by atoms with Gasteiger partial charge in [-0.2, -0.15) is 4.31 Å². The summed E-state index contributed by atoms with van der Waals surface area (Å²) in [4.78, 5) is 25.6.